The SMILES string of the molecule is Cc1nc(-c2ccccc2)[nH]c(=O)c1CC(=O)N/N=C\c1ccccc1. The largest absolute Gasteiger partial charge is 0.306 e. The van der Waals surface area contributed by atoms with Crippen LogP contribution in [0, 0.1) is 6.92 Å². The van der Waals surface area contributed by atoms with Crippen LogP contribution < -0.4 is 11.0 Å². The van der Waals surface area contributed by atoms with Crippen molar-refractivity contribution >= 4 is 12.1 Å². The number of rotatable bonds is 5. The molecule has 0 spiro atoms. The van der Waals surface area contributed by atoms with Gasteiger partial charge in [0.2, 0.25) is 5.91 Å². The number of hydrogen-bond acceptors (Lipinski definition) is 4. The lowest BCUT2D eigenvalue weighted by molar-refractivity contribution is -0.120. The van der Waals surface area contributed by atoms with Gasteiger partial charge in [-0.1, -0.05) is 60.7 Å². The highest BCUT2D eigenvalue weighted by atomic mass is 16.2. The van der Waals surface area contributed by atoms with Crippen LogP contribution in [0.4, 0.5) is 0 Å². The fraction of sp³-hybridized carbons (Fsp3) is 0.100. The Morgan fingerprint density at radius 2 is 1.77 bits per heavy atom. The van der Waals surface area contributed by atoms with E-state index in [-0.39, 0.29) is 17.9 Å². The first kappa shape index (κ1) is 17.3. The van der Waals surface area contributed by atoms with Crippen molar-refractivity contribution in [1.82, 2.24) is 15.4 Å². The van der Waals surface area contributed by atoms with E-state index in [1.54, 1.807) is 13.1 Å². The Bertz CT molecular complexity index is 980. The Balaban J connectivity index is 1.71. The lowest BCUT2D eigenvalue weighted by atomic mass is 10.1. The quantitative estimate of drug-likeness (QED) is 0.549. The summed E-state index contributed by atoms with van der Waals surface area (Å²) >= 11 is 0. The molecule has 1 aromatic heterocycles. The zero-order valence-electron chi connectivity index (χ0n) is 14.3. The predicted molar refractivity (Wildman–Crippen MR) is 101 cm³/mol. The highest BCUT2D eigenvalue weighted by molar-refractivity contribution is 5.83. The Hall–Kier alpha value is -3.54. The average Bonchev–Trinajstić information content (AvgIpc) is 2.66. The second-order valence-electron chi connectivity index (χ2n) is 5.73. The molecule has 1 heterocycles. The smallest absolute Gasteiger partial charge is 0.255 e. The highest BCUT2D eigenvalue weighted by Gasteiger charge is 2.13. The number of aryl methyl sites for hydroxylation is 1. The molecule has 2 N–H and O–H groups in total. The van der Waals surface area contributed by atoms with Crippen molar-refractivity contribution in [3.63, 3.8) is 0 Å². The number of hydrazone groups is 1. The van der Waals surface area contributed by atoms with Gasteiger partial charge in [0, 0.05) is 16.8 Å². The topological polar surface area (TPSA) is 87.2 Å². The van der Waals surface area contributed by atoms with Gasteiger partial charge in [0.1, 0.15) is 5.82 Å². The van der Waals surface area contributed by atoms with E-state index in [2.05, 4.69) is 20.5 Å². The number of carbonyl (C=O) groups excluding carboxylic acids is 1. The zero-order chi connectivity index (χ0) is 18.4. The summed E-state index contributed by atoms with van der Waals surface area (Å²) in [5, 5.41) is 3.90. The number of hydrogen-bond donors (Lipinski definition) is 2. The maximum Gasteiger partial charge on any atom is 0.255 e. The maximum atomic E-state index is 12.4. The minimum Gasteiger partial charge on any atom is -0.306 e. The molecule has 6 nitrogen and oxygen atoms in total. The normalized spacial score (nSPS) is 10.8. The van der Waals surface area contributed by atoms with E-state index in [0.717, 1.165) is 11.1 Å². The van der Waals surface area contributed by atoms with Gasteiger partial charge in [-0.15, -0.1) is 0 Å². The Morgan fingerprint density at radius 3 is 2.42 bits per heavy atom. The van der Waals surface area contributed by atoms with Gasteiger partial charge in [0.05, 0.1) is 12.6 Å². The number of H-pyrrole nitrogens is 1. The molecule has 0 atom stereocenters. The second-order valence-corrected chi connectivity index (χ2v) is 5.73. The van der Waals surface area contributed by atoms with Crippen molar-refractivity contribution < 1.29 is 4.79 Å². The monoisotopic (exact) mass is 346 g/mol. The molecule has 130 valence electrons. The molecule has 0 fully saturated rings. The van der Waals surface area contributed by atoms with Gasteiger partial charge < -0.3 is 4.98 Å². The lowest BCUT2D eigenvalue weighted by Gasteiger charge is -2.07. The number of carbonyl (C=O) groups is 1. The van der Waals surface area contributed by atoms with Crippen molar-refractivity contribution in [2.45, 2.75) is 13.3 Å². The molecule has 26 heavy (non-hydrogen) atoms. The van der Waals surface area contributed by atoms with Crippen molar-refractivity contribution in [3.8, 4) is 11.4 Å². The first-order valence-electron chi connectivity index (χ1n) is 8.15. The third-order valence-corrected chi connectivity index (χ3v) is 3.81. The molecule has 0 saturated heterocycles. The predicted octanol–water partition coefficient (Wildman–Crippen LogP) is 2.44. The molecule has 0 unspecified atom stereocenters. The second kappa shape index (κ2) is 8.02. The molecule has 2 aromatic carbocycles. The van der Waals surface area contributed by atoms with E-state index < -0.39 is 0 Å². The summed E-state index contributed by atoms with van der Waals surface area (Å²) < 4.78 is 0. The number of aromatic nitrogens is 2. The summed E-state index contributed by atoms with van der Waals surface area (Å²) in [6, 6.07) is 18.8. The van der Waals surface area contributed by atoms with Crippen LogP contribution in [-0.2, 0) is 11.2 Å². The first-order valence-corrected chi connectivity index (χ1v) is 8.15. The summed E-state index contributed by atoms with van der Waals surface area (Å²) in [5.74, 6) is 0.111. The molecule has 3 aromatic rings. The fourth-order valence-electron chi connectivity index (χ4n) is 2.47. The summed E-state index contributed by atoms with van der Waals surface area (Å²) in [6.07, 6.45) is 1.46. The van der Waals surface area contributed by atoms with Gasteiger partial charge in [-0.2, -0.15) is 5.10 Å². The van der Waals surface area contributed by atoms with Gasteiger partial charge >= 0.3 is 0 Å². The lowest BCUT2D eigenvalue weighted by Crippen LogP contribution is -2.26. The third-order valence-electron chi connectivity index (χ3n) is 3.81. The molecule has 0 aliphatic heterocycles. The number of amides is 1. The highest BCUT2D eigenvalue weighted by Crippen LogP contribution is 2.13. The van der Waals surface area contributed by atoms with Crippen LogP contribution in [0.5, 0.6) is 0 Å². The van der Waals surface area contributed by atoms with Gasteiger partial charge in [-0.3, -0.25) is 9.59 Å². The van der Waals surface area contributed by atoms with Gasteiger partial charge in [-0.05, 0) is 12.5 Å². The molecular weight excluding hydrogens is 328 g/mol. The number of nitrogens with one attached hydrogen (secondary N) is 2. The van der Waals surface area contributed by atoms with Gasteiger partial charge in [0.25, 0.3) is 5.56 Å². The van der Waals surface area contributed by atoms with Crippen molar-refractivity contribution in [2.75, 3.05) is 0 Å². The number of nitrogens with zero attached hydrogens (tertiary/aromatic N) is 2. The Kier molecular flexibility index (Phi) is 5.34. The van der Waals surface area contributed by atoms with E-state index in [0.29, 0.717) is 17.1 Å². The van der Waals surface area contributed by atoms with Gasteiger partial charge in [-0.25, -0.2) is 10.4 Å². The van der Waals surface area contributed by atoms with Crippen LogP contribution in [0.15, 0.2) is 70.6 Å². The Labute approximate surface area is 150 Å². The van der Waals surface area contributed by atoms with Crippen LogP contribution in [0.2, 0.25) is 0 Å². The first-order chi connectivity index (χ1) is 12.6. The molecule has 0 saturated carbocycles. The Morgan fingerprint density at radius 1 is 1.12 bits per heavy atom. The maximum absolute atomic E-state index is 12.4. The van der Waals surface area contributed by atoms with Crippen LogP contribution in [0.3, 0.4) is 0 Å². The molecule has 1 amide bonds. The van der Waals surface area contributed by atoms with Crippen molar-refractivity contribution in [1.29, 1.82) is 0 Å². The van der Waals surface area contributed by atoms with Gasteiger partial charge in [0.15, 0.2) is 0 Å². The molecule has 0 bridgehead atoms. The summed E-state index contributed by atoms with van der Waals surface area (Å²) in [6.45, 7) is 1.72. The summed E-state index contributed by atoms with van der Waals surface area (Å²) in [4.78, 5) is 31.6. The number of benzene rings is 2. The minimum atomic E-state index is -0.375. The standard InChI is InChI=1S/C20H18N4O2/c1-14-17(12-18(25)24-21-13-15-8-4-2-5-9-15)20(26)23-19(22-14)16-10-6-3-7-11-16/h2-11,13H,12H2,1H3,(H,24,25)(H,22,23,26)/b21-13-. The molecule has 0 aliphatic rings. The third kappa shape index (κ3) is 4.30. The van der Waals surface area contributed by atoms with Crippen molar-refractivity contribution in [3.05, 3.63) is 87.8 Å². The van der Waals surface area contributed by atoms with E-state index in [1.807, 2.05) is 60.7 Å². The van der Waals surface area contributed by atoms with E-state index >= 15 is 0 Å². The van der Waals surface area contributed by atoms with E-state index in [1.165, 1.54) is 0 Å². The molecule has 0 radical (unpaired) electrons. The van der Waals surface area contributed by atoms with E-state index in [9.17, 15) is 9.59 Å². The molecule has 0 aliphatic carbocycles. The summed E-state index contributed by atoms with van der Waals surface area (Å²) in [5.41, 5.74) is 4.65. The molecular formula is C20H18N4O2. The molecule has 6 heteroatoms. The van der Waals surface area contributed by atoms with E-state index in [4.69, 9.17) is 0 Å². The average molecular weight is 346 g/mol. The number of aromatic amines is 1. The van der Waals surface area contributed by atoms with Crippen LogP contribution in [0.1, 0.15) is 16.8 Å². The summed E-state index contributed by atoms with van der Waals surface area (Å²) in [7, 11) is 0. The van der Waals surface area contributed by atoms with Crippen molar-refractivity contribution in [2.24, 2.45) is 5.10 Å². The van der Waals surface area contributed by atoms with Crippen LogP contribution in [0.25, 0.3) is 11.4 Å². The minimum absolute atomic E-state index is 0.0879. The zero-order valence-corrected chi connectivity index (χ0v) is 14.3. The van der Waals surface area contributed by atoms with Crippen LogP contribution >= 0.6 is 0 Å². The van der Waals surface area contributed by atoms with Crippen LogP contribution in [-0.4, -0.2) is 22.1 Å². The fourth-order valence-corrected chi connectivity index (χ4v) is 2.47. The molecule has 3 rings (SSSR count).